The Morgan fingerprint density at radius 1 is 1.12 bits per heavy atom. The fourth-order valence-electron chi connectivity index (χ4n) is 4.15. The monoisotopic (exact) mass is 506 g/mol. The number of primary amides is 1. The number of carbonyl (C=O) groups excluding carboxylic acids is 2. The third kappa shape index (κ3) is 7.90. The van der Waals surface area contributed by atoms with Crippen molar-refractivity contribution in [3.8, 4) is 5.75 Å². The van der Waals surface area contributed by atoms with Crippen molar-refractivity contribution in [2.24, 2.45) is 11.7 Å². The number of benzene rings is 2. The van der Waals surface area contributed by atoms with Gasteiger partial charge in [-0.15, -0.1) is 0 Å². The van der Waals surface area contributed by atoms with Crippen LogP contribution in [0.25, 0.3) is 0 Å². The van der Waals surface area contributed by atoms with Gasteiger partial charge >= 0.3 is 6.09 Å². The molecule has 1 aliphatic rings. The predicted molar refractivity (Wildman–Crippen MR) is 135 cm³/mol. The minimum absolute atomic E-state index is 0.151. The van der Waals surface area contributed by atoms with E-state index in [-0.39, 0.29) is 11.9 Å². The summed E-state index contributed by atoms with van der Waals surface area (Å²) in [5.41, 5.74) is 6.19. The summed E-state index contributed by atoms with van der Waals surface area (Å²) < 4.78 is 11.3. The Kier molecular flexibility index (Phi) is 10.1. The molecule has 0 radical (unpaired) electrons. The largest absolute Gasteiger partial charge is 0.493 e. The average Bonchev–Trinajstić information content (AvgIpc) is 2.82. The maximum absolute atomic E-state index is 12.7. The van der Waals surface area contributed by atoms with Gasteiger partial charge in [-0.1, -0.05) is 36.5 Å². The molecule has 0 aliphatic carbocycles. The van der Waals surface area contributed by atoms with Crippen LogP contribution in [0.3, 0.4) is 0 Å². The summed E-state index contributed by atoms with van der Waals surface area (Å²) in [5.74, 6) is 0.921. The smallest absolute Gasteiger partial charge is 0.404 e. The zero-order valence-electron chi connectivity index (χ0n) is 19.5. The summed E-state index contributed by atoms with van der Waals surface area (Å²) in [5, 5.41) is 0.937. The van der Waals surface area contributed by atoms with Gasteiger partial charge in [0.05, 0.1) is 11.6 Å². The van der Waals surface area contributed by atoms with E-state index >= 15 is 0 Å². The summed E-state index contributed by atoms with van der Waals surface area (Å²) in [7, 11) is 0. The minimum Gasteiger partial charge on any atom is -0.493 e. The second-order valence-corrected chi connectivity index (χ2v) is 9.58. The van der Waals surface area contributed by atoms with Crippen molar-refractivity contribution in [2.75, 3.05) is 26.2 Å². The molecule has 0 saturated carbocycles. The third-order valence-corrected chi connectivity index (χ3v) is 6.67. The van der Waals surface area contributed by atoms with E-state index in [4.69, 9.17) is 38.4 Å². The molecule has 1 saturated heterocycles. The Bertz CT molecular complexity index is 960. The molecule has 0 aromatic heterocycles. The molecule has 1 atom stereocenters. The number of ether oxygens (including phenoxy) is 2. The van der Waals surface area contributed by atoms with Gasteiger partial charge in [0.15, 0.2) is 5.78 Å². The molecular formula is C26H32Cl2N2O4. The number of unbranched alkanes of at least 4 members (excludes halogenated alkanes) is 1. The molecule has 34 heavy (non-hydrogen) atoms. The molecule has 0 bridgehead atoms. The van der Waals surface area contributed by atoms with E-state index in [2.05, 4.69) is 11.8 Å². The number of nitrogens with zero attached hydrogens (tertiary/aromatic N) is 1. The van der Waals surface area contributed by atoms with E-state index in [0.717, 1.165) is 51.7 Å². The normalized spacial score (nSPS) is 15.6. The van der Waals surface area contributed by atoms with Crippen molar-refractivity contribution in [3.05, 3.63) is 63.6 Å². The van der Waals surface area contributed by atoms with Gasteiger partial charge < -0.3 is 15.2 Å². The van der Waals surface area contributed by atoms with E-state index in [9.17, 15) is 9.59 Å². The first kappa shape index (κ1) is 26.3. The Balaban J connectivity index is 1.47. The van der Waals surface area contributed by atoms with Crippen molar-refractivity contribution in [3.63, 3.8) is 0 Å². The maximum Gasteiger partial charge on any atom is 0.404 e. The van der Waals surface area contributed by atoms with Crippen molar-refractivity contribution >= 4 is 35.1 Å². The number of hydrogen-bond donors (Lipinski definition) is 1. The van der Waals surface area contributed by atoms with Crippen LogP contribution in [0.4, 0.5) is 4.79 Å². The number of piperidine rings is 1. The number of likely N-dealkylation sites (tertiary alicyclic amines) is 1. The molecule has 0 unspecified atom stereocenters. The summed E-state index contributed by atoms with van der Waals surface area (Å²) in [6, 6.07) is 11.9. The second kappa shape index (κ2) is 13.0. The number of carbonyl (C=O) groups is 2. The van der Waals surface area contributed by atoms with Gasteiger partial charge in [-0.25, -0.2) is 4.79 Å². The fraction of sp³-hybridized carbons (Fsp3) is 0.462. The van der Waals surface area contributed by atoms with Crippen LogP contribution in [0.15, 0.2) is 42.5 Å². The molecule has 2 N–H and O–H groups in total. The van der Waals surface area contributed by atoms with Crippen molar-refractivity contribution in [1.29, 1.82) is 0 Å². The SMILES string of the molecule is CCCC[C@H](CN1CCC(COc2ccc(C(=O)c3ccc(Cl)cc3)c(Cl)c2)CC1)OC(N)=O. The highest BCUT2D eigenvalue weighted by atomic mass is 35.5. The number of amides is 1. The molecule has 6 nitrogen and oxygen atoms in total. The molecular weight excluding hydrogens is 475 g/mol. The summed E-state index contributed by atoms with van der Waals surface area (Å²) in [6.07, 6.45) is 4.04. The number of ketones is 1. The molecule has 1 amide bonds. The van der Waals surface area contributed by atoms with Crippen LogP contribution < -0.4 is 10.5 Å². The molecule has 184 valence electrons. The standard InChI is InChI=1S/C26H32Cl2N2O4/c1-2-3-4-22(34-26(29)32)16-30-13-11-18(12-14-30)17-33-21-9-10-23(24(28)15-21)25(31)19-5-7-20(27)8-6-19/h5-10,15,18,22H,2-4,11-14,16-17H2,1H3,(H2,29,32)/t22-/m1/s1. The fourth-order valence-corrected chi connectivity index (χ4v) is 4.53. The highest BCUT2D eigenvalue weighted by Gasteiger charge is 2.23. The Morgan fingerprint density at radius 3 is 2.44 bits per heavy atom. The first-order valence-electron chi connectivity index (χ1n) is 11.8. The highest BCUT2D eigenvalue weighted by molar-refractivity contribution is 6.35. The molecule has 2 aromatic carbocycles. The van der Waals surface area contributed by atoms with Crippen LogP contribution >= 0.6 is 23.2 Å². The summed E-state index contributed by atoms with van der Waals surface area (Å²) in [6.45, 7) is 5.27. The van der Waals surface area contributed by atoms with Gasteiger partial charge in [-0.05, 0) is 87.2 Å². The number of nitrogens with two attached hydrogens (primary N) is 1. The molecule has 3 rings (SSSR count). The molecule has 8 heteroatoms. The van der Waals surface area contributed by atoms with Crippen LogP contribution in [0, 0.1) is 5.92 Å². The highest BCUT2D eigenvalue weighted by Crippen LogP contribution is 2.27. The van der Waals surface area contributed by atoms with Gasteiger partial charge in [0.25, 0.3) is 0 Å². The summed E-state index contributed by atoms with van der Waals surface area (Å²) >= 11 is 12.3. The van der Waals surface area contributed by atoms with Gasteiger partial charge in [0.2, 0.25) is 0 Å². The van der Waals surface area contributed by atoms with E-state index < -0.39 is 6.09 Å². The van der Waals surface area contributed by atoms with Gasteiger partial charge in [0.1, 0.15) is 11.9 Å². The van der Waals surface area contributed by atoms with Crippen LogP contribution in [-0.4, -0.2) is 49.1 Å². The lowest BCUT2D eigenvalue weighted by atomic mass is 9.97. The third-order valence-electron chi connectivity index (χ3n) is 6.11. The molecule has 1 heterocycles. The molecule has 1 fully saturated rings. The Hall–Kier alpha value is -2.28. The molecule has 2 aromatic rings. The predicted octanol–water partition coefficient (Wildman–Crippen LogP) is 5.97. The average molecular weight is 507 g/mol. The first-order valence-corrected chi connectivity index (χ1v) is 12.5. The van der Waals surface area contributed by atoms with Crippen LogP contribution in [0.5, 0.6) is 5.75 Å². The Labute approximate surface area is 211 Å². The number of rotatable bonds is 11. The van der Waals surface area contributed by atoms with Crippen LogP contribution in [0.2, 0.25) is 10.0 Å². The quantitative estimate of drug-likeness (QED) is 0.379. The van der Waals surface area contributed by atoms with E-state index in [1.54, 1.807) is 42.5 Å². The minimum atomic E-state index is -0.705. The number of halogens is 2. The van der Waals surface area contributed by atoms with Gasteiger partial charge in [-0.3, -0.25) is 9.69 Å². The van der Waals surface area contributed by atoms with E-state index in [1.807, 2.05) is 0 Å². The van der Waals surface area contributed by atoms with Crippen LogP contribution in [-0.2, 0) is 4.74 Å². The first-order chi connectivity index (χ1) is 16.4. The van der Waals surface area contributed by atoms with Crippen molar-refractivity contribution in [2.45, 2.75) is 45.1 Å². The second-order valence-electron chi connectivity index (χ2n) is 8.73. The summed E-state index contributed by atoms with van der Waals surface area (Å²) in [4.78, 5) is 26.2. The lowest BCUT2D eigenvalue weighted by molar-refractivity contribution is 0.0539. The van der Waals surface area contributed by atoms with Crippen LogP contribution in [0.1, 0.15) is 54.9 Å². The van der Waals surface area contributed by atoms with Crippen molar-refractivity contribution < 1.29 is 19.1 Å². The molecule has 1 aliphatic heterocycles. The van der Waals surface area contributed by atoms with Gasteiger partial charge in [0, 0.05) is 22.7 Å². The van der Waals surface area contributed by atoms with Crippen molar-refractivity contribution in [1.82, 2.24) is 4.90 Å². The Morgan fingerprint density at radius 2 is 1.82 bits per heavy atom. The molecule has 0 spiro atoms. The van der Waals surface area contributed by atoms with E-state index in [1.165, 1.54) is 0 Å². The zero-order chi connectivity index (χ0) is 24.5. The lowest BCUT2D eigenvalue weighted by Crippen LogP contribution is -2.41. The number of hydrogen-bond acceptors (Lipinski definition) is 5. The maximum atomic E-state index is 12.7. The van der Waals surface area contributed by atoms with Gasteiger partial charge in [-0.2, -0.15) is 0 Å². The van der Waals surface area contributed by atoms with E-state index in [0.29, 0.717) is 39.4 Å². The zero-order valence-corrected chi connectivity index (χ0v) is 21.0. The lowest BCUT2D eigenvalue weighted by Gasteiger charge is -2.33. The topological polar surface area (TPSA) is 81.9 Å².